The summed E-state index contributed by atoms with van der Waals surface area (Å²) >= 11 is 0. The minimum Gasteiger partial charge on any atom is -0.491 e. The van der Waals surface area contributed by atoms with Crippen molar-refractivity contribution >= 4 is 0 Å². The molecule has 0 spiro atoms. The molecule has 0 amide bonds. The summed E-state index contributed by atoms with van der Waals surface area (Å²) in [5.41, 5.74) is 0. The summed E-state index contributed by atoms with van der Waals surface area (Å²) in [4.78, 5) is 2.37. The molecule has 0 saturated heterocycles. The number of benzene rings is 1. The van der Waals surface area contributed by atoms with Gasteiger partial charge in [0.2, 0.25) is 0 Å². The fourth-order valence-corrected chi connectivity index (χ4v) is 2.03. The van der Waals surface area contributed by atoms with Gasteiger partial charge in [-0.15, -0.1) is 0 Å². The number of halogens is 1. The first kappa shape index (κ1) is 17.9. The molecular weight excluding hydrogens is 271 g/mol. The van der Waals surface area contributed by atoms with Crippen LogP contribution in [0.1, 0.15) is 20.3 Å². The van der Waals surface area contributed by atoms with Crippen LogP contribution in [0.2, 0.25) is 0 Å². The van der Waals surface area contributed by atoms with Gasteiger partial charge in [-0.25, -0.2) is 4.39 Å². The summed E-state index contributed by atoms with van der Waals surface area (Å²) < 4.78 is 18.1. The standard InChI is InChI=1S/C16H27FN2O2/c1-3-10-19(4-2)11-9-18-12-15(20)13-21-16-7-5-14(17)6-8-16/h5-8,15,18,20H,3-4,9-13H2,1-2H3. The van der Waals surface area contributed by atoms with Crippen molar-refractivity contribution in [3.63, 3.8) is 0 Å². The number of hydrogen-bond donors (Lipinski definition) is 2. The average Bonchev–Trinajstić information content (AvgIpc) is 2.49. The second-order valence-corrected chi connectivity index (χ2v) is 5.06. The van der Waals surface area contributed by atoms with Crippen LogP contribution in [0.3, 0.4) is 0 Å². The summed E-state index contributed by atoms with van der Waals surface area (Å²) in [7, 11) is 0. The summed E-state index contributed by atoms with van der Waals surface area (Å²) in [6.45, 7) is 9.00. The first-order valence-electron chi connectivity index (χ1n) is 7.65. The predicted molar refractivity (Wildman–Crippen MR) is 83.2 cm³/mol. The Morgan fingerprint density at radius 3 is 2.57 bits per heavy atom. The Morgan fingerprint density at radius 1 is 1.24 bits per heavy atom. The monoisotopic (exact) mass is 298 g/mol. The number of likely N-dealkylation sites (N-methyl/N-ethyl adjacent to an activating group) is 1. The molecule has 1 atom stereocenters. The normalized spacial score (nSPS) is 12.6. The predicted octanol–water partition coefficient (Wildman–Crippen LogP) is 1.89. The van der Waals surface area contributed by atoms with Crippen LogP contribution in [0, 0.1) is 5.82 Å². The van der Waals surface area contributed by atoms with Crippen LogP contribution in [0.4, 0.5) is 4.39 Å². The minimum absolute atomic E-state index is 0.199. The van der Waals surface area contributed by atoms with Gasteiger partial charge in [0.15, 0.2) is 0 Å². The van der Waals surface area contributed by atoms with Crippen LogP contribution in [-0.2, 0) is 0 Å². The zero-order chi connectivity index (χ0) is 15.5. The van der Waals surface area contributed by atoms with E-state index in [1.807, 2.05) is 0 Å². The SMILES string of the molecule is CCCN(CC)CCNCC(O)COc1ccc(F)cc1. The highest BCUT2D eigenvalue weighted by atomic mass is 19.1. The third kappa shape index (κ3) is 7.99. The Bertz CT molecular complexity index is 373. The Morgan fingerprint density at radius 2 is 1.95 bits per heavy atom. The summed E-state index contributed by atoms with van der Waals surface area (Å²) in [5, 5.41) is 13.0. The smallest absolute Gasteiger partial charge is 0.123 e. The summed E-state index contributed by atoms with van der Waals surface area (Å²) in [6.07, 6.45) is 0.582. The first-order chi connectivity index (χ1) is 10.2. The number of rotatable bonds is 11. The number of aliphatic hydroxyl groups excluding tert-OH is 1. The Hall–Kier alpha value is -1.17. The van der Waals surface area contributed by atoms with Gasteiger partial charge in [-0.05, 0) is 43.8 Å². The number of aliphatic hydroxyl groups is 1. The lowest BCUT2D eigenvalue weighted by Crippen LogP contribution is -2.37. The molecule has 0 aromatic heterocycles. The molecule has 1 aromatic carbocycles. The molecule has 1 rings (SSSR count). The van der Waals surface area contributed by atoms with Crippen molar-refractivity contribution in [1.29, 1.82) is 0 Å². The molecule has 5 heteroatoms. The molecule has 0 heterocycles. The van der Waals surface area contributed by atoms with Gasteiger partial charge in [0.25, 0.3) is 0 Å². The van der Waals surface area contributed by atoms with E-state index in [4.69, 9.17) is 4.74 Å². The molecule has 2 N–H and O–H groups in total. The van der Waals surface area contributed by atoms with Gasteiger partial charge in [-0.1, -0.05) is 13.8 Å². The van der Waals surface area contributed by atoms with Crippen LogP contribution < -0.4 is 10.1 Å². The van der Waals surface area contributed by atoms with E-state index in [1.165, 1.54) is 12.1 Å². The van der Waals surface area contributed by atoms with Crippen LogP contribution in [0.25, 0.3) is 0 Å². The number of ether oxygens (including phenoxy) is 1. The Kier molecular flexibility index (Phi) is 8.98. The Labute approximate surface area is 126 Å². The van der Waals surface area contributed by atoms with E-state index in [0.29, 0.717) is 12.3 Å². The van der Waals surface area contributed by atoms with Crippen molar-refractivity contribution in [3.8, 4) is 5.75 Å². The maximum absolute atomic E-state index is 12.7. The first-order valence-corrected chi connectivity index (χ1v) is 7.65. The molecule has 0 saturated carbocycles. The molecule has 4 nitrogen and oxygen atoms in total. The van der Waals surface area contributed by atoms with E-state index in [0.717, 1.165) is 32.6 Å². The van der Waals surface area contributed by atoms with E-state index >= 15 is 0 Å². The quantitative estimate of drug-likeness (QED) is 0.612. The fourth-order valence-electron chi connectivity index (χ4n) is 2.03. The lowest BCUT2D eigenvalue weighted by atomic mass is 10.3. The van der Waals surface area contributed by atoms with Gasteiger partial charge in [0, 0.05) is 19.6 Å². The zero-order valence-corrected chi connectivity index (χ0v) is 13.0. The molecule has 0 radical (unpaired) electrons. The topological polar surface area (TPSA) is 44.7 Å². The minimum atomic E-state index is -0.573. The van der Waals surface area contributed by atoms with Gasteiger partial charge in [0.1, 0.15) is 24.3 Å². The highest BCUT2D eigenvalue weighted by Crippen LogP contribution is 2.11. The maximum atomic E-state index is 12.7. The van der Waals surface area contributed by atoms with Gasteiger partial charge in [-0.3, -0.25) is 0 Å². The molecule has 1 unspecified atom stereocenters. The molecule has 0 aliphatic heterocycles. The van der Waals surface area contributed by atoms with Gasteiger partial charge in [-0.2, -0.15) is 0 Å². The van der Waals surface area contributed by atoms with Crippen molar-refractivity contribution in [2.45, 2.75) is 26.4 Å². The molecule has 21 heavy (non-hydrogen) atoms. The van der Waals surface area contributed by atoms with E-state index in [-0.39, 0.29) is 12.4 Å². The van der Waals surface area contributed by atoms with E-state index < -0.39 is 6.10 Å². The molecular formula is C16H27FN2O2. The number of nitrogens with one attached hydrogen (secondary N) is 1. The fraction of sp³-hybridized carbons (Fsp3) is 0.625. The van der Waals surface area contributed by atoms with E-state index in [9.17, 15) is 9.50 Å². The molecule has 0 fully saturated rings. The number of nitrogens with zero attached hydrogens (tertiary/aromatic N) is 1. The van der Waals surface area contributed by atoms with Gasteiger partial charge < -0.3 is 20.1 Å². The second-order valence-electron chi connectivity index (χ2n) is 5.06. The van der Waals surface area contributed by atoms with Crippen LogP contribution in [0.15, 0.2) is 24.3 Å². The van der Waals surface area contributed by atoms with Crippen molar-refractivity contribution in [2.75, 3.05) is 39.3 Å². The second kappa shape index (κ2) is 10.5. The van der Waals surface area contributed by atoms with Crippen LogP contribution in [-0.4, -0.2) is 55.4 Å². The lowest BCUT2D eigenvalue weighted by Gasteiger charge is -2.20. The van der Waals surface area contributed by atoms with Gasteiger partial charge >= 0.3 is 0 Å². The average molecular weight is 298 g/mol. The molecule has 1 aromatic rings. The molecule has 0 bridgehead atoms. The number of hydrogen-bond acceptors (Lipinski definition) is 4. The van der Waals surface area contributed by atoms with E-state index in [1.54, 1.807) is 12.1 Å². The van der Waals surface area contributed by atoms with E-state index in [2.05, 4.69) is 24.1 Å². The van der Waals surface area contributed by atoms with Crippen LogP contribution >= 0.6 is 0 Å². The van der Waals surface area contributed by atoms with Crippen molar-refractivity contribution in [1.82, 2.24) is 10.2 Å². The largest absolute Gasteiger partial charge is 0.491 e. The maximum Gasteiger partial charge on any atom is 0.123 e. The van der Waals surface area contributed by atoms with Crippen molar-refractivity contribution < 1.29 is 14.2 Å². The molecule has 0 aliphatic carbocycles. The van der Waals surface area contributed by atoms with Gasteiger partial charge in [0.05, 0.1) is 0 Å². The molecule has 0 aliphatic rings. The third-order valence-electron chi connectivity index (χ3n) is 3.23. The highest BCUT2D eigenvalue weighted by Gasteiger charge is 2.06. The summed E-state index contributed by atoms with van der Waals surface area (Å²) in [6, 6.07) is 5.79. The Balaban J connectivity index is 2.11. The summed E-state index contributed by atoms with van der Waals surface area (Å²) in [5.74, 6) is 0.271. The van der Waals surface area contributed by atoms with Crippen LogP contribution in [0.5, 0.6) is 5.75 Å². The highest BCUT2D eigenvalue weighted by molar-refractivity contribution is 5.22. The van der Waals surface area contributed by atoms with Crippen molar-refractivity contribution in [2.24, 2.45) is 0 Å². The zero-order valence-electron chi connectivity index (χ0n) is 13.0. The van der Waals surface area contributed by atoms with Crippen molar-refractivity contribution in [3.05, 3.63) is 30.1 Å². The lowest BCUT2D eigenvalue weighted by molar-refractivity contribution is 0.105. The third-order valence-corrected chi connectivity index (χ3v) is 3.23. The molecule has 120 valence electrons.